The highest BCUT2D eigenvalue weighted by atomic mass is 19.1. The molecule has 2 heterocycles. The number of carbonyl (C=O) groups excluding carboxylic acids is 1. The number of anilines is 1. The van der Waals surface area contributed by atoms with Crippen molar-refractivity contribution in [2.24, 2.45) is 0 Å². The van der Waals surface area contributed by atoms with Crippen molar-refractivity contribution in [3.63, 3.8) is 0 Å². The van der Waals surface area contributed by atoms with Crippen LogP contribution in [0.1, 0.15) is 33.1 Å². The van der Waals surface area contributed by atoms with Gasteiger partial charge in [-0.15, -0.1) is 6.42 Å². The highest BCUT2D eigenvalue weighted by molar-refractivity contribution is 6.12. The number of amides is 1. The number of terminal acetylenes is 1. The van der Waals surface area contributed by atoms with Gasteiger partial charge in [0.1, 0.15) is 0 Å². The van der Waals surface area contributed by atoms with Crippen molar-refractivity contribution in [3.8, 4) is 12.3 Å². The van der Waals surface area contributed by atoms with Crippen LogP contribution in [0.5, 0.6) is 0 Å². The molecule has 4 nitrogen and oxygen atoms in total. The molecule has 0 saturated carbocycles. The Morgan fingerprint density at radius 3 is 2.82 bits per heavy atom. The number of H-pyrrole nitrogens is 1. The number of carbonyl (C=O) groups is 1. The lowest BCUT2D eigenvalue weighted by Gasteiger charge is -2.26. The van der Waals surface area contributed by atoms with Crippen LogP contribution >= 0.6 is 0 Å². The molecule has 1 amide bonds. The fourth-order valence-corrected chi connectivity index (χ4v) is 3.83. The predicted molar refractivity (Wildman–Crippen MR) is 106 cm³/mol. The van der Waals surface area contributed by atoms with E-state index in [4.69, 9.17) is 6.42 Å². The van der Waals surface area contributed by atoms with Gasteiger partial charge in [-0.2, -0.15) is 0 Å². The zero-order chi connectivity index (χ0) is 19.3. The summed E-state index contributed by atoms with van der Waals surface area (Å²) in [6, 6.07) is 17.4. The molecule has 4 aromatic rings. The van der Waals surface area contributed by atoms with Gasteiger partial charge in [0, 0.05) is 5.56 Å². The molecule has 1 atom stereocenters. The van der Waals surface area contributed by atoms with Crippen LogP contribution in [0.4, 0.5) is 10.1 Å². The summed E-state index contributed by atoms with van der Waals surface area (Å²) in [5.74, 6) is 1.52. The molecule has 0 aliphatic carbocycles. The average Bonchev–Trinajstić information content (AvgIpc) is 3.30. The van der Waals surface area contributed by atoms with Gasteiger partial charge in [0.2, 0.25) is 0 Å². The van der Waals surface area contributed by atoms with Crippen LogP contribution in [0.25, 0.3) is 11.0 Å². The van der Waals surface area contributed by atoms with Crippen molar-refractivity contribution in [1.82, 2.24) is 9.97 Å². The fraction of sp³-hybridized carbons (Fsp3) is 0.0435. The Bertz CT molecular complexity index is 1280. The molecule has 5 heteroatoms. The van der Waals surface area contributed by atoms with Crippen LogP contribution in [0, 0.1) is 18.2 Å². The third kappa shape index (κ3) is 2.25. The molecule has 1 aliphatic rings. The molecule has 1 aliphatic heterocycles. The number of imidazole rings is 1. The van der Waals surface area contributed by atoms with Crippen LogP contribution in [0.15, 0.2) is 67.0 Å². The summed E-state index contributed by atoms with van der Waals surface area (Å²) in [5, 5.41) is 0. The van der Waals surface area contributed by atoms with Crippen molar-refractivity contribution in [2.75, 3.05) is 4.90 Å². The summed E-state index contributed by atoms with van der Waals surface area (Å²) in [5.41, 5.74) is 4.23. The number of halogens is 1. The highest BCUT2D eigenvalue weighted by Crippen LogP contribution is 2.43. The molecule has 1 N–H and O–H groups in total. The van der Waals surface area contributed by atoms with E-state index in [0.717, 1.165) is 22.2 Å². The molecule has 1 unspecified atom stereocenters. The Morgan fingerprint density at radius 2 is 1.96 bits per heavy atom. The number of hydrogen-bond donors (Lipinski definition) is 1. The van der Waals surface area contributed by atoms with Crippen molar-refractivity contribution in [2.45, 2.75) is 6.04 Å². The molecule has 0 bridgehead atoms. The quantitative estimate of drug-likeness (QED) is 0.533. The number of rotatable bonds is 2. The maximum absolute atomic E-state index is 15.1. The summed E-state index contributed by atoms with van der Waals surface area (Å²) >= 11 is 0. The Hall–Kier alpha value is -3.91. The number of hydrogen-bond acceptors (Lipinski definition) is 2. The lowest BCUT2D eigenvalue weighted by molar-refractivity contribution is 0.0992. The third-order valence-corrected chi connectivity index (χ3v) is 5.12. The zero-order valence-electron chi connectivity index (χ0n) is 14.7. The van der Waals surface area contributed by atoms with E-state index in [1.807, 2.05) is 36.4 Å². The van der Waals surface area contributed by atoms with E-state index in [-0.39, 0.29) is 17.2 Å². The topological polar surface area (TPSA) is 49.0 Å². The van der Waals surface area contributed by atoms with Crippen LogP contribution < -0.4 is 4.90 Å². The SMILES string of the molecule is C#Cc1cccc(N2C(=O)c3ccccc3C2c2ccc3nc[nH]c3c2)c1F. The van der Waals surface area contributed by atoms with E-state index in [9.17, 15) is 4.79 Å². The lowest BCUT2D eigenvalue weighted by atomic mass is 9.97. The van der Waals surface area contributed by atoms with E-state index in [1.165, 1.54) is 11.0 Å². The Labute approximate surface area is 160 Å². The van der Waals surface area contributed by atoms with Gasteiger partial charge in [0.25, 0.3) is 5.91 Å². The van der Waals surface area contributed by atoms with Crippen LogP contribution in [-0.2, 0) is 0 Å². The molecule has 0 spiro atoms. The van der Waals surface area contributed by atoms with Gasteiger partial charge in [0.15, 0.2) is 5.82 Å². The second-order valence-corrected chi connectivity index (χ2v) is 6.63. The summed E-state index contributed by atoms with van der Waals surface area (Å²) in [4.78, 5) is 22.0. The molecular weight excluding hydrogens is 353 g/mol. The van der Waals surface area contributed by atoms with E-state index < -0.39 is 11.9 Å². The Kier molecular flexibility index (Phi) is 3.53. The number of aromatic amines is 1. The minimum atomic E-state index is -0.571. The summed E-state index contributed by atoms with van der Waals surface area (Å²) in [7, 11) is 0. The maximum atomic E-state index is 15.1. The zero-order valence-corrected chi connectivity index (χ0v) is 14.7. The molecule has 134 valence electrons. The minimum Gasteiger partial charge on any atom is -0.345 e. The molecule has 28 heavy (non-hydrogen) atoms. The van der Waals surface area contributed by atoms with Gasteiger partial charge >= 0.3 is 0 Å². The van der Waals surface area contributed by atoms with Gasteiger partial charge in [-0.3, -0.25) is 9.69 Å². The summed E-state index contributed by atoms with van der Waals surface area (Å²) < 4.78 is 15.1. The molecule has 5 rings (SSSR count). The standard InChI is InChI=1S/C23H14FN3O/c1-2-14-6-5-9-20(21(14)24)27-22(16-7-3-4-8-17(16)23(27)28)15-10-11-18-19(12-15)26-13-25-18/h1,3-13,22H,(H,25,26). The second kappa shape index (κ2) is 6.07. The minimum absolute atomic E-state index is 0.129. The summed E-state index contributed by atoms with van der Waals surface area (Å²) in [6.07, 6.45) is 7.05. The summed E-state index contributed by atoms with van der Waals surface area (Å²) in [6.45, 7) is 0. The van der Waals surface area contributed by atoms with Crippen molar-refractivity contribution >= 4 is 22.6 Å². The molecule has 0 saturated heterocycles. The number of nitrogens with zero attached hydrogens (tertiary/aromatic N) is 2. The van der Waals surface area contributed by atoms with Gasteiger partial charge in [0.05, 0.1) is 34.7 Å². The largest absolute Gasteiger partial charge is 0.345 e. The molecule has 3 aromatic carbocycles. The fourth-order valence-electron chi connectivity index (χ4n) is 3.83. The molecule has 0 fully saturated rings. The van der Waals surface area contributed by atoms with Crippen molar-refractivity contribution in [1.29, 1.82) is 0 Å². The highest BCUT2D eigenvalue weighted by Gasteiger charge is 2.39. The van der Waals surface area contributed by atoms with Gasteiger partial charge in [-0.05, 0) is 41.5 Å². The van der Waals surface area contributed by atoms with Crippen molar-refractivity contribution in [3.05, 3.63) is 95.1 Å². The normalized spacial score (nSPS) is 15.6. The van der Waals surface area contributed by atoms with E-state index in [0.29, 0.717) is 5.56 Å². The van der Waals surface area contributed by atoms with E-state index >= 15 is 4.39 Å². The number of nitrogens with one attached hydrogen (secondary N) is 1. The van der Waals surface area contributed by atoms with Gasteiger partial charge < -0.3 is 4.98 Å². The third-order valence-electron chi connectivity index (χ3n) is 5.12. The molecule has 0 radical (unpaired) electrons. The number of aromatic nitrogens is 2. The van der Waals surface area contributed by atoms with Crippen LogP contribution in [-0.4, -0.2) is 15.9 Å². The van der Waals surface area contributed by atoms with Gasteiger partial charge in [-0.25, -0.2) is 9.37 Å². The first-order chi connectivity index (χ1) is 13.7. The first kappa shape index (κ1) is 16.3. The predicted octanol–water partition coefficient (Wildman–Crippen LogP) is 4.43. The van der Waals surface area contributed by atoms with Gasteiger partial charge in [-0.1, -0.05) is 36.3 Å². The Morgan fingerprint density at radius 1 is 1.11 bits per heavy atom. The average molecular weight is 367 g/mol. The maximum Gasteiger partial charge on any atom is 0.259 e. The van der Waals surface area contributed by atoms with Crippen LogP contribution in [0.3, 0.4) is 0 Å². The lowest BCUT2D eigenvalue weighted by Crippen LogP contribution is -2.29. The first-order valence-corrected chi connectivity index (χ1v) is 8.79. The van der Waals surface area contributed by atoms with E-state index in [2.05, 4.69) is 15.9 Å². The van der Waals surface area contributed by atoms with Crippen molar-refractivity contribution < 1.29 is 9.18 Å². The second-order valence-electron chi connectivity index (χ2n) is 6.63. The first-order valence-electron chi connectivity index (χ1n) is 8.79. The number of fused-ring (bicyclic) bond motifs is 2. The molecule has 1 aromatic heterocycles. The smallest absolute Gasteiger partial charge is 0.259 e. The number of benzene rings is 3. The molecular formula is C23H14FN3O. The van der Waals surface area contributed by atoms with E-state index in [1.54, 1.807) is 24.5 Å². The monoisotopic (exact) mass is 367 g/mol. The Balaban J connectivity index is 1.75. The van der Waals surface area contributed by atoms with Crippen LogP contribution in [0.2, 0.25) is 0 Å².